The van der Waals surface area contributed by atoms with Gasteiger partial charge >= 0.3 is 0 Å². The molecule has 1 aromatic heterocycles. The van der Waals surface area contributed by atoms with Gasteiger partial charge in [0.25, 0.3) is 5.91 Å². The summed E-state index contributed by atoms with van der Waals surface area (Å²) in [5.41, 5.74) is 2.77. The average Bonchev–Trinajstić information content (AvgIpc) is 3.34. The second-order valence-electron chi connectivity index (χ2n) is 6.56. The van der Waals surface area contributed by atoms with Crippen LogP contribution in [0.1, 0.15) is 45.8 Å². The summed E-state index contributed by atoms with van der Waals surface area (Å²) >= 11 is 1.61. The minimum atomic E-state index is -0.0694. The lowest BCUT2D eigenvalue weighted by molar-refractivity contribution is -0.117. The molecule has 4 nitrogen and oxygen atoms in total. The van der Waals surface area contributed by atoms with Crippen molar-refractivity contribution in [3.05, 3.63) is 45.6 Å². The molecule has 1 fully saturated rings. The molecular formula is C19H20N2O2S. The Labute approximate surface area is 145 Å². The lowest BCUT2D eigenvalue weighted by Crippen LogP contribution is -2.14. The van der Waals surface area contributed by atoms with E-state index in [1.807, 2.05) is 30.3 Å². The number of hydrogen-bond acceptors (Lipinski definition) is 3. The molecule has 0 radical (unpaired) electrons. The number of benzene rings is 1. The zero-order chi connectivity index (χ0) is 16.5. The highest BCUT2D eigenvalue weighted by Crippen LogP contribution is 2.31. The molecule has 0 atom stereocenters. The Kier molecular flexibility index (Phi) is 4.10. The van der Waals surface area contributed by atoms with Crippen LogP contribution in [-0.4, -0.2) is 11.8 Å². The van der Waals surface area contributed by atoms with Gasteiger partial charge in [-0.1, -0.05) is 6.07 Å². The van der Waals surface area contributed by atoms with E-state index in [4.69, 9.17) is 0 Å². The highest BCUT2D eigenvalue weighted by Gasteiger charge is 2.29. The van der Waals surface area contributed by atoms with E-state index < -0.39 is 0 Å². The Morgan fingerprint density at radius 3 is 2.50 bits per heavy atom. The minimum absolute atomic E-state index is 0.0694. The van der Waals surface area contributed by atoms with Crippen molar-refractivity contribution in [3.8, 4) is 0 Å². The first-order chi connectivity index (χ1) is 11.7. The number of fused-ring (bicyclic) bond motifs is 1. The zero-order valence-electron chi connectivity index (χ0n) is 13.4. The Bertz CT molecular complexity index is 769. The van der Waals surface area contributed by atoms with Crippen molar-refractivity contribution < 1.29 is 9.59 Å². The quantitative estimate of drug-likeness (QED) is 0.875. The Hall–Kier alpha value is -2.14. The van der Waals surface area contributed by atoms with Crippen LogP contribution in [0.4, 0.5) is 11.4 Å². The zero-order valence-corrected chi connectivity index (χ0v) is 14.2. The third-order valence-electron chi connectivity index (χ3n) is 4.56. The predicted octanol–water partition coefficient (Wildman–Crippen LogP) is 4.23. The van der Waals surface area contributed by atoms with E-state index in [1.54, 1.807) is 11.3 Å². The van der Waals surface area contributed by atoms with E-state index in [9.17, 15) is 9.59 Å². The van der Waals surface area contributed by atoms with E-state index >= 15 is 0 Å². The van der Waals surface area contributed by atoms with Crippen LogP contribution in [0.5, 0.6) is 0 Å². The summed E-state index contributed by atoms with van der Waals surface area (Å²) < 4.78 is 0. The van der Waals surface area contributed by atoms with E-state index in [2.05, 4.69) is 10.6 Å². The molecule has 0 bridgehead atoms. The fourth-order valence-corrected chi connectivity index (χ4v) is 4.21. The highest BCUT2D eigenvalue weighted by atomic mass is 32.1. The maximum Gasteiger partial charge on any atom is 0.265 e. The number of aryl methyl sites for hydroxylation is 2. The minimum Gasteiger partial charge on any atom is -0.326 e. The average molecular weight is 340 g/mol. The summed E-state index contributed by atoms with van der Waals surface area (Å²) in [6.07, 6.45) is 6.57. The fraction of sp³-hybridized carbons (Fsp3) is 0.368. The first kappa shape index (κ1) is 15.4. The van der Waals surface area contributed by atoms with Gasteiger partial charge in [-0.3, -0.25) is 9.59 Å². The molecule has 2 aliphatic rings. The number of carbonyl (C=O) groups is 2. The van der Waals surface area contributed by atoms with Crippen molar-refractivity contribution in [2.24, 2.45) is 5.92 Å². The molecule has 1 aromatic carbocycles. The molecule has 24 heavy (non-hydrogen) atoms. The van der Waals surface area contributed by atoms with Gasteiger partial charge in [-0.25, -0.2) is 0 Å². The van der Waals surface area contributed by atoms with Gasteiger partial charge in [0.1, 0.15) is 0 Å². The molecule has 0 aliphatic heterocycles. The van der Waals surface area contributed by atoms with Crippen molar-refractivity contribution >= 4 is 34.5 Å². The van der Waals surface area contributed by atoms with Crippen molar-refractivity contribution in [1.82, 2.24) is 0 Å². The van der Waals surface area contributed by atoms with Crippen LogP contribution < -0.4 is 10.6 Å². The first-order valence-corrected chi connectivity index (χ1v) is 9.34. The summed E-state index contributed by atoms with van der Waals surface area (Å²) in [4.78, 5) is 26.5. The molecule has 2 aliphatic carbocycles. The Morgan fingerprint density at radius 2 is 1.75 bits per heavy atom. The molecule has 0 spiro atoms. The standard InChI is InChI=1S/C19H20N2O2S/c22-18(12-8-9-12)20-14-5-3-6-15(11-14)21-19(23)17-10-13-4-1-2-7-16(13)24-17/h3,5-6,10-12H,1-2,4,7-9H2,(H,20,22)(H,21,23). The number of hydrogen-bond donors (Lipinski definition) is 2. The summed E-state index contributed by atoms with van der Waals surface area (Å²) in [7, 11) is 0. The lowest BCUT2D eigenvalue weighted by atomic mass is 9.99. The second-order valence-corrected chi connectivity index (χ2v) is 7.70. The van der Waals surface area contributed by atoms with Crippen molar-refractivity contribution in [2.75, 3.05) is 10.6 Å². The Morgan fingerprint density at radius 1 is 1.00 bits per heavy atom. The molecule has 2 amide bonds. The molecule has 5 heteroatoms. The van der Waals surface area contributed by atoms with Gasteiger partial charge in [0.15, 0.2) is 0 Å². The second kappa shape index (κ2) is 6.40. The third-order valence-corrected chi connectivity index (χ3v) is 5.79. The molecular weight excluding hydrogens is 320 g/mol. The SMILES string of the molecule is O=C(Nc1cccc(NC(=O)C2CC2)c1)c1cc2c(s1)CCCC2. The van der Waals surface area contributed by atoms with Crippen LogP contribution in [0.15, 0.2) is 30.3 Å². The molecule has 0 unspecified atom stereocenters. The normalized spacial score (nSPS) is 16.3. The molecule has 124 valence electrons. The molecule has 0 saturated heterocycles. The first-order valence-electron chi connectivity index (χ1n) is 8.53. The van der Waals surface area contributed by atoms with E-state index in [0.29, 0.717) is 5.69 Å². The van der Waals surface area contributed by atoms with Gasteiger partial charge in [-0.2, -0.15) is 0 Å². The van der Waals surface area contributed by atoms with Gasteiger partial charge < -0.3 is 10.6 Å². The third kappa shape index (κ3) is 3.36. The maximum atomic E-state index is 12.5. The monoisotopic (exact) mass is 340 g/mol. The number of anilines is 2. The molecule has 4 rings (SSSR count). The topological polar surface area (TPSA) is 58.2 Å². The van der Waals surface area contributed by atoms with Gasteiger partial charge in [0.05, 0.1) is 4.88 Å². The van der Waals surface area contributed by atoms with Gasteiger partial charge in [0, 0.05) is 22.2 Å². The summed E-state index contributed by atoms with van der Waals surface area (Å²) in [6, 6.07) is 9.38. The van der Waals surface area contributed by atoms with Crippen LogP contribution >= 0.6 is 11.3 Å². The van der Waals surface area contributed by atoms with Crippen molar-refractivity contribution in [1.29, 1.82) is 0 Å². The van der Waals surface area contributed by atoms with Crippen molar-refractivity contribution in [2.45, 2.75) is 38.5 Å². The number of nitrogens with one attached hydrogen (secondary N) is 2. The van der Waals surface area contributed by atoms with E-state index in [0.717, 1.165) is 36.2 Å². The molecule has 2 aromatic rings. The van der Waals surface area contributed by atoms with Crippen LogP contribution in [0.2, 0.25) is 0 Å². The maximum absolute atomic E-state index is 12.5. The fourth-order valence-electron chi connectivity index (χ4n) is 3.06. The van der Waals surface area contributed by atoms with Gasteiger partial charge in [0.2, 0.25) is 5.91 Å². The van der Waals surface area contributed by atoms with Crippen molar-refractivity contribution in [3.63, 3.8) is 0 Å². The van der Waals surface area contributed by atoms with E-state index in [1.165, 1.54) is 23.3 Å². The number of rotatable bonds is 4. The highest BCUT2D eigenvalue weighted by molar-refractivity contribution is 7.14. The molecule has 1 saturated carbocycles. The van der Waals surface area contributed by atoms with E-state index in [-0.39, 0.29) is 17.7 Å². The van der Waals surface area contributed by atoms with Gasteiger partial charge in [-0.05, 0) is 68.4 Å². The van der Waals surface area contributed by atoms with Crippen LogP contribution in [-0.2, 0) is 17.6 Å². The predicted molar refractivity (Wildman–Crippen MR) is 96.7 cm³/mol. The Balaban J connectivity index is 1.45. The van der Waals surface area contributed by atoms with Crippen LogP contribution in [0.3, 0.4) is 0 Å². The van der Waals surface area contributed by atoms with Crippen LogP contribution in [0.25, 0.3) is 0 Å². The largest absolute Gasteiger partial charge is 0.326 e. The van der Waals surface area contributed by atoms with Crippen LogP contribution in [0, 0.1) is 5.92 Å². The molecule has 1 heterocycles. The lowest BCUT2D eigenvalue weighted by Gasteiger charge is -2.08. The smallest absolute Gasteiger partial charge is 0.265 e. The number of carbonyl (C=O) groups excluding carboxylic acids is 2. The number of thiophene rings is 1. The molecule has 2 N–H and O–H groups in total. The summed E-state index contributed by atoms with van der Waals surface area (Å²) in [6.45, 7) is 0. The summed E-state index contributed by atoms with van der Waals surface area (Å²) in [5.74, 6) is 0.171. The summed E-state index contributed by atoms with van der Waals surface area (Å²) in [5, 5.41) is 5.86. The number of amides is 2. The van der Waals surface area contributed by atoms with Gasteiger partial charge in [-0.15, -0.1) is 11.3 Å².